The smallest absolute Gasteiger partial charge is 0.226 e. The van der Waals surface area contributed by atoms with Crippen LogP contribution < -0.4 is 0 Å². The molecule has 4 rings (SSSR count). The van der Waals surface area contributed by atoms with Gasteiger partial charge in [0.1, 0.15) is 0 Å². The molecule has 0 bridgehead atoms. The summed E-state index contributed by atoms with van der Waals surface area (Å²) in [6, 6.07) is 2.55. The van der Waals surface area contributed by atoms with Crippen LogP contribution in [0.4, 0.5) is 0 Å². The van der Waals surface area contributed by atoms with Gasteiger partial charge in [0.15, 0.2) is 0 Å². The number of likely N-dealkylation sites (N-methyl/N-ethyl adjacent to an activating group) is 1. The molecule has 1 saturated carbocycles. The fraction of sp³-hybridized carbons (Fsp3) is 0.667. The first-order valence-corrected chi connectivity index (χ1v) is 8.31. The molecule has 5 heteroatoms. The molecule has 108 valence electrons. The lowest BCUT2D eigenvalue weighted by Crippen LogP contribution is -2.48. The zero-order valence-corrected chi connectivity index (χ0v) is 12.5. The van der Waals surface area contributed by atoms with Crippen LogP contribution in [-0.2, 0) is 9.53 Å². The third-order valence-corrected chi connectivity index (χ3v) is 5.67. The fourth-order valence-corrected chi connectivity index (χ4v) is 4.32. The number of carbonyl (C=O) groups is 1. The number of hydrogen-bond donors (Lipinski definition) is 0. The molecule has 1 aromatic rings. The normalized spacial score (nSPS) is 37.0. The minimum absolute atomic E-state index is 0.218. The van der Waals surface area contributed by atoms with Crippen LogP contribution in [-0.4, -0.2) is 61.1 Å². The van der Waals surface area contributed by atoms with Crippen molar-refractivity contribution in [2.24, 2.45) is 5.92 Å². The van der Waals surface area contributed by atoms with E-state index in [0.717, 1.165) is 32.7 Å². The Morgan fingerprint density at radius 3 is 3.10 bits per heavy atom. The second-order valence-corrected chi connectivity index (χ2v) is 6.99. The van der Waals surface area contributed by atoms with Crippen molar-refractivity contribution < 1.29 is 9.53 Å². The molecular weight excluding hydrogens is 272 g/mol. The Bertz CT molecular complexity index is 504. The Morgan fingerprint density at radius 1 is 1.45 bits per heavy atom. The SMILES string of the molecule is CN1CCO[C@@H]2CN(C(=O)[C@@H]3C[C@H]3c3ccsc3)C[C@@H]21. The first-order valence-electron chi connectivity index (χ1n) is 7.37. The van der Waals surface area contributed by atoms with Gasteiger partial charge in [-0.1, -0.05) is 0 Å². The number of rotatable bonds is 2. The minimum Gasteiger partial charge on any atom is -0.373 e. The summed E-state index contributed by atoms with van der Waals surface area (Å²) in [5, 5.41) is 4.28. The second kappa shape index (κ2) is 4.83. The standard InChI is InChI=1S/C15H20N2O2S/c1-16-3-4-19-14-8-17(7-13(14)16)15(18)12-6-11(12)10-2-5-20-9-10/h2,5,9,11-14H,3-4,6-8H2,1H3/t11-,12+,13-,14+/m0/s1. The van der Waals surface area contributed by atoms with Gasteiger partial charge in [-0.25, -0.2) is 0 Å². The van der Waals surface area contributed by atoms with Crippen molar-refractivity contribution in [2.45, 2.75) is 24.5 Å². The maximum absolute atomic E-state index is 12.6. The molecule has 0 spiro atoms. The van der Waals surface area contributed by atoms with Crippen molar-refractivity contribution >= 4 is 17.2 Å². The number of carbonyl (C=O) groups excluding carboxylic acids is 1. The van der Waals surface area contributed by atoms with Crippen LogP contribution in [0.25, 0.3) is 0 Å². The monoisotopic (exact) mass is 292 g/mol. The van der Waals surface area contributed by atoms with E-state index < -0.39 is 0 Å². The van der Waals surface area contributed by atoms with E-state index in [2.05, 4.69) is 28.8 Å². The highest BCUT2D eigenvalue weighted by Crippen LogP contribution is 2.49. The molecule has 1 amide bonds. The van der Waals surface area contributed by atoms with Crippen molar-refractivity contribution in [2.75, 3.05) is 33.3 Å². The molecule has 0 aromatic carbocycles. The Morgan fingerprint density at radius 2 is 2.35 bits per heavy atom. The van der Waals surface area contributed by atoms with Gasteiger partial charge in [0.2, 0.25) is 5.91 Å². The third-order valence-electron chi connectivity index (χ3n) is 4.97. The van der Waals surface area contributed by atoms with Crippen LogP contribution in [0.5, 0.6) is 0 Å². The zero-order valence-electron chi connectivity index (χ0n) is 11.7. The highest BCUT2D eigenvalue weighted by atomic mass is 32.1. The van der Waals surface area contributed by atoms with Gasteiger partial charge in [-0.2, -0.15) is 11.3 Å². The lowest BCUT2D eigenvalue weighted by atomic mass is 10.1. The van der Waals surface area contributed by atoms with Crippen LogP contribution in [0.1, 0.15) is 17.9 Å². The molecule has 0 N–H and O–H groups in total. The summed E-state index contributed by atoms with van der Waals surface area (Å²) in [6.45, 7) is 3.39. The van der Waals surface area contributed by atoms with Crippen LogP contribution in [0.3, 0.4) is 0 Å². The summed E-state index contributed by atoms with van der Waals surface area (Å²) in [7, 11) is 2.14. The van der Waals surface area contributed by atoms with Crippen molar-refractivity contribution in [3.05, 3.63) is 22.4 Å². The Labute approximate surface area is 123 Å². The van der Waals surface area contributed by atoms with Gasteiger partial charge in [-0.15, -0.1) is 0 Å². The maximum atomic E-state index is 12.6. The Balaban J connectivity index is 1.41. The number of morpholine rings is 1. The van der Waals surface area contributed by atoms with E-state index in [9.17, 15) is 4.79 Å². The molecular formula is C15H20N2O2S. The number of hydrogen-bond acceptors (Lipinski definition) is 4. The van der Waals surface area contributed by atoms with Crippen LogP contribution in [0, 0.1) is 5.92 Å². The molecule has 4 atom stereocenters. The molecule has 3 aliphatic rings. The molecule has 4 nitrogen and oxygen atoms in total. The van der Waals surface area contributed by atoms with Gasteiger partial charge in [0.05, 0.1) is 18.8 Å². The van der Waals surface area contributed by atoms with Gasteiger partial charge in [-0.05, 0) is 41.8 Å². The minimum atomic E-state index is 0.218. The zero-order chi connectivity index (χ0) is 13.7. The Kier molecular flexibility index (Phi) is 3.09. The number of ether oxygens (including phenoxy) is 1. The van der Waals surface area contributed by atoms with Gasteiger partial charge in [0, 0.05) is 25.6 Å². The van der Waals surface area contributed by atoms with E-state index >= 15 is 0 Å². The quantitative estimate of drug-likeness (QED) is 0.826. The summed E-state index contributed by atoms with van der Waals surface area (Å²) in [5.41, 5.74) is 1.35. The summed E-state index contributed by atoms with van der Waals surface area (Å²) in [6.07, 6.45) is 1.24. The fourth-order valence-electron chi connectivity index (χ4n) is 3.59. The molecule has 0 radical (unpaired) electrons. The van der Waals surface area contributed by atoms with Crippen LogP contribution in [0.2, 0.25) is 0 Å². The number of nitrogens with zero attached hydrogens (tertiary/aromatic N) is 2. The summed E-state index contributed by atoms with van der Waals surface area (Å²) in [4.78, 5) is 17.0. The van der Waals surface area contributed by atoms with Crippen molar-refractivity contribution in [3.63, 3.8) is 0 Å². The van der Waals surface area contributed by atoms with Gasteiger partial charge in [-0.3, -0.25) is 9.69 Å². The van der Waals surface area contributed by atoms with Crippen molar-refractivity contribution in [3.8, 4) is 0 Å². The van der Waals surface area contributed by atoms with E-state index in [1.165, 1.54) is 5.56 Å². The van der Waals surface area contributed by atoms with Gasteiger partial charge < -0.3 is 9.64 Å². The van der Waals surface area contributed by atoms with Crippen LogP contribution in [0.15, 0.2) is 16.8 Å². The number of amides is 1. The summed E-state index contributed by atoms with van der Waals surface area (Å²) < 4.78 is 5.82. The largest absolute Gasteiger partial charge is 0.373 e. The summed E-state index contributed by atoms with van der Waals surface area (Å²) in [5.74, 6) is 1.03. The first-order chi connectivity index (χ1) is 9.74. The average molecular weight is 292 g/mol. The molecule has 1 aliphatic carbocycles. The van der Waals surface area contributed by atoms with Crippen molar-refractivity contribution in [1.29, 1.82) is 0 Å². The third kappa shape index (κ3) is 2.08. The predicted octanol–water partition coefficient (Wildman–Crippen LogP) is 1.39. The highest BCUT2D eigenvalue weighted by molar-refractivity contribution is 7.08. The average Bonchev–Trinajstić information content (AvgIpc) is 2.91. The molecule has 3 fully saturated rings. The lowest BCUT2D eigenvalue weighted by Gasteiger charge is -2.33. The van der Waals surface area contributed by atoms with Gasteiger partial charge >= 0.3 is 0 Å². The molecule has 3 heterocycles. The molecule has 2 saturated heterocycles. The maximum Gasteiger partial charge on any atom is 0.226 e. The number of fused-ring (bicyclic) bond motifs is 1. The van der Waals surface area contributed by atoms with E-state index in [4.69, 9.17) is 4.74 Å². The topological polar surface area (TPSA) is 32.8 Å². The highest BCUT2D eigenvalue weighted by Gasteiger charge is 2.49. The molecule has 2 aliphatic heterocycles. The van der Waals surface area contributed by atoms with Crippen LogP contribution >= 0.6 is 11.3 Å². The van der Waals surface area contributed by atoms with E-state index in [-0.39, 0.29) is 12.0 Å². The van der Waals surface area contributed by atoms with E-state index in [1.807, 2.05) is 4.90 Å². The first kappa shape index (κ1) is 12.8. The number of likely N-dealkylation sites (tertiary alicyclic amines) is 1. The molecule has 1 aromatic heterocycles. The predicted molar refractivity (Wildman–Crippen MR) is 77.9 cm³/mol. The van der Waals surface area contributed by atoms with E-state index in [0.29, 0.717) is 17.9 Å². The van der Waals surface area contributed by atoms with Crippen molar-refractivity contribution in [1.82, 2.24) is 9.80 Å². The lowest BCUT2D eigenvalue weighted by molar-refractivity contribution is -0.132. The van der Waals surface area contributed by atoms with E-state index in [1.54, 1.807) is 11.3 Å². The molecule has 20 heavy (non-hydrogen) atoms. The Hall–Kier alpha value is -0.910. The summed E-state index contributed by atoms with van der Waals surface area (Å²) >= 11 is 1.72. The molecule has 0 unspecified atom stereocenters. The number of thiophene rings is 1. The second-order valence-electron chi connectivity index (χ2n) is 6.21. The van der Waals surface area contributed by atoms with Gasteiger partial charge in [0.25, 0.3) is 0 Å².